The number of rotatable bonds is 6. The van der Waals surface area contributed by atoms with Crippen LogP contribution >= 0.6 is 0 Å². The molecule has 1 fully saturated rings. The number of carbonyl (C=O) groups is 1. The molecule has 1 atom stereocenters. The van der Waals surface area contributed by atoms with Crippen LogP contribution in [0.15, 0.2) is 42.5 Å². The highest BCUT2D eigenvalue weighted by Crippen LogP contribution is 2.12. The molecule has 1 aromatic heterocycles. The van der Waals surface area contributed by atoms with Gasteiger partial charge in [-0.05, 0) is 42.8 Å². The maximum Gasteiger partial charge on any atom is 0.306 e. The molecule has 0 bridgehead atoms. The lowest BCUT2D eigenvalue weighted by Gasteiger charge is -2.37. The summed E-state index contributed by atoms with van der Waals surface area (Å²) in [6.45, 7) is 4.65. The molecule has 1 aromatic carbocycles. The van der Waals surface area contributed by atoms with Gasteiger partial charge in [-0.2, -0.15) is 0 Å². The fourth-order valence-corrected chi connectivity index (χ4v) is 3.94. The zero-order valence-electron chi connectivity index (χ0n) is 17.1. The highest BCUT2D eigenvalue weighted by Gasteiger charge is 2.21. The molecule has 0 spiro atoms. The minimum atomic E-state index is -0.181. The highest BCUT2D eigenvalue weighted by atomic mass is 16.5. The Kier molecular flexibility index (Phi) is 6.37. The van der Waals surface area contributed by atoms with E-state index >= 15 is 0 Å². The largest absolute Gasteiger partial charge is 0.459 e. The molecule has 0 N–H and O–H groups in total. The lowest BCUT2D eigenvalue weighted by Crippen LogP contribution is -2.50. The number of fused-ring (bicyclic) bond motifs is 1. The Morgan fingerprint density at radius 2 is 1.90 bits per heavy atom. The zero-order chi connectivity index (χ0) is 20.1. The van der Waals surface area contributed by atoms with Crippen molar-refractivity contribution in [1.82, 2.24) is 14.8 Å². The number of pyridine rings is 1. The van der Waals surface area contributed by atoms with E-state index in [1.54, 1.807) is 0 Å². The van der Waals surface area contributed by atoms with Crippen LogP contribution in [0, 0.1) is 0 Å². The van der Waals surface area contributed by atoms with Gasteiger partial charge in [0.25, 0.3) is 0 Å². The average Bonchev–Trinajstić information content (AvgIpc) is 2.77. The Bertz CT molecular complexity index is 950. The lowest BCUT2D eigenvalue weighted by molar-refractivity contribution is -0.145. The molecular formula is C24H29N3O2. The first kappa shape index (κ1) is 19.8. The molecule has 2 aromatic rings. The van der Waals surface area contributed by atoms with Crippen LogP contribution in [-0.4, -0.2) is 60.0 Å². The molecule has 0 amide bonds. The van der Waals surface area contributed by atoms with Crippen molar-refractivity contribution in [2.75, 3.05) is 33.2 Å². The van der Waals surface area contributed by atoms with Crippen molar-refractivity contribution < 1.29 is 9.53 Å². The van der Waals surface area contributed by atoms with Gasteiger partial charge in [-0.1, -0.05) is 42.5 Å². The van der Waals surface area contributed by atoms with Gasteiger partial charge in [-0.15, -0.1) is 0 Å². The van der Waals surface area contributed by atoms with Gasteiger partial charge in [0.2, 0.25) is 0 Å². The molecular weight excluding hydrogens is 362 g/mol. The van der Waals surface area contributed by atoms with E-state index in [-0.39, 0.29) is 12.6 Å². The van der Waals surface area contributed by atoms with Crippen LogP contribution in [0.1, 0.15) is 24.1 Å². The Hall–Kier alpha value is -2.50. The van der Waals surface area contributed by atoms with Crippen LogP contribution in [-0.2, 0) is 22.6 Å². The van der Waals surface area contributed by atoms with Crippen molar-refractivity contribution >= 4 is 18.1 Å². The molecule has 0 saturated carbocycles. The van der Waals surface area contributed by atoms with E-state index in [0.29, 0.717) is 18.9 Å². The second kappa shape index (κ2) is 9.33. The van der Waals surface area contributed by atoms with E-state index < -0.39 is 0 Å². The summed E-state index contributed by atoms with van der Waals surface area (Å²) >= 11 is 0. The molecule has 1 saturated heterocycles. The third-order valence-corrected chi connectivity index (χ3v) is 5.79. The predicted octanol–water partition coefficient (Wildman–Crippen LogP) is 1.34. The topological polar surface area (TPSA) is 45.7 Å². The van der Waals surface area contributed by atoms with Crippen molar-refractivity contribution in [1.29, 1.82) is 0 Å². The minimum Gasteiger partial charge on any atom is -0.459 e. The summed E-state index contributed by atoms with van der Waals surface area (Å²) < 4.78 is 5.45. The van der Waals surface area contributed by atoms with Crippen LogP contribution in [0.5, 0.6) is 0 Å². The zero-order valence-corrected chi connectivity index (χ0v) is 17.1. The first-order valence-corrected chi connectivity index (χ1v) is 10.5. The summed E-state index contributed by atoms with van der Waals surface area (Å²) in [7, 11) is 2.18. The maximum absolute atomic E-state index is 12.1. The minimum absolute atomic E-state index is 0.181. The number of esters is 1. The molecule has 5 nitrogen and oxygen atoms in total. The Morgan fingerprint density at radius 3 is 2.69 bits per heavy atom. The highest BCUT2D eigenvalue weighted by molar-refractivity contribution is 5.69. The number of ether oxygens (including phenoxy) is 1. The van der Waals surface area contributed by atoms with Gasteiger partial charge >= 0.3 is 5.97 Å². The molecule has 1 aliphatic heterocycles. The molecule has 1 unspecified atom stereocenters. The standard InChI is InChI=1S/C24H29N3O2/c1-26-13-15-27(16-14-26)22-11-9-20-8-10-21(25-23(20)17-22)18-29-24(28)12-7-19-5-3-2-4-6-19/h2-6,8-10,17,22H,7,11-16,18H2,1H3. The maximum atomic E-state index is 12.1. The van der Waals surface area contributed by atoms with Crippen molar-refractivity contribution in [3.8, 4) is 0 Å². The van der Waals surface area contributed by atoms with Crippen LogP contribution in [0.2, 0.25) is 0 Å². The lowest BCUT2D eigenvalue weighted by atomic mass is 10.0. The number of hydrogen-bond donors (Lipinski definition) is 0. The van der Waals surface area contributed by atoms with E-state index in [1.807, 2.05) is 36.4 Å². The fourth-order valence-electron chi connectivity index (χ4n) is 3.94. The second-order valence-corrected chi connectivity index (χ2v) is 7.94. The summed E-state index contributed by atoms with van der Waals surface area (Å²) in [6.07, 6.45) is 6.68. The van der Waals surface area contributed by atoms with E-state index in [1.165, 1.54) is 5.22 Å². The normalized spacial score (nSPS) is 19.7. The molecule has 29 heavy (non-hydrogen) atoms. The number of aromatic nitrogens is 1. The summed E-state index contributed by atoms with van der Waals surface area (Å²) in [4.78, 5) is 21.8. The summed E-state index contributed by atoms with van der Waals surface area (Å²) in [5.74, 6) is -0.181. The van der Waals surface area contributed by atoms with E-state index in [9.17, 15) is 4.79 Å². The van der Waals surface area contributed by atoms with Crippen molar-refractivity contribution in [2.24, 2.45) is 0 Å². The average molecular weight is 392 g/mol. The number of nitrogens with zero attached hydrogens (tertiary/aromatic N) is 3. The van der Waals surface area contributed by atoms with Gasteiger partial charge < -0.3 is 9.64 Å². The van der Waals surface area contributed by atoms with Gasteiger partial charge in [-0.3, -0.25) is 9.69 Å². The van der Waals surface area contributed by atoms with E-state index in [0.717, 1.165) is 49.2 Å². The molecule has 1 aliphatic carbocycles. The van der Waals surface area contributed by atoms with Crippen molar-refractivity contribution in [2.45, 2.75) is 31.9 Å². The number of likely N-dealkylation sites (N-methyl/N-ethyl adjacent to an activating group) is 1. The second-order valence-electron chi connectivity index (χ2n) is 7.94. The van der Waals surface area contributed by atoms with Crippen LogP contribution in [0.4, 0.5) is 0 Å². The van der Waals surface area contributed by atoms with Crippen molar-refractivity contribution in [3.63, 3.8) is 0 Å². The monoisotopic (exact) mass is 391 g/mol. The van der Waals surface area contributed by atoms with E-state index in [4.69, 9.17) is 9.72 Å². The van der Waals surface area contributed by atoms with Crippen LogP contribution in [0.25, 0.3) is 12.2 Å². The van der Waals surface area contributed by atoms with E-state index in [2.05, 4.69) is 35.1 Å². The van der Waals surface area contributed by atoms with Gasteiger partial charge in [0.15, 0.2) is 0 Å². The fraction of sp³-hybridized carbons (Fsp3) is 0.417. The third kappa shape index (κ3) is 5.31. The van der Waals surface area contributed by atoms with Crippen molar-refractivity contribution in [3.05, 3.63) is 64.3 Å². The molecule has 5 heteroatoms. The number of benzene rings is 1. The number of carbonyl (C=O) groups excluding carboxylic acids is 1. The number of hydrogen-bond acceptors (Lipinski definition) is 5. The number of piperazine rings is 1. The van der Waals surface area contributed by atoms with Gasteiger partial charge in [-0.25, -0.2) is 4.98 Å². The smallest absolute Gasteiger partial charge is 0.306 e. The predicted molar refractivity (Wildman–Crippen MR) is 114 cm³/mol. The Balaban J connectivity index is 1.35. The molecule has 152 valence electrons. The Labute approximate surface area is 172 Å². The third-order valence-electron chi connectivity index (χ3n) is 5.79. The van der Waals surface area contributed by atoms with Gasteiger partial charge in [0, 0.05) is 38.6 Å². The molecule has 0 radical (unpaired) electrons. The van der Waals surface area contributed by atoms with Crippen LogP contribution < -0.4 is 10.6 Å². The molecule has 4 rings (SSSR count). The summed E-state index contributed by atoms with van der Waals surface area (Å²) in [5.41, 5.74) is 1.96. The molecule has 2 aliphatic rings. The Morgan fingerprint density at radius 1 is 1.10 bits per heavy atom. The summed E-state index contributed by atoms with van der Waals surface area (Å²) in [5, 5.41) is 2.19. The van der Waals surface area contributed by atoms with Gasteiger partial charge in [0.05, 0.1) is 11.0 Å². The summed E-state index contributed by atoms with van der Waals surface area (Å²) in [6, 6.07) is 14.5. The molecule has 2 heterocycles. The SMILES string of the molecule is CN1CCN(C2C=c3nc(COC(=O)CCc4ccccc4)ccc3=CC2)CC1. The number of aryl methyl sites for hydroxylation is 1. The first-order valence-electron chi connectivity index (χ1n) is 10.5. The first-order chi connectivity index (χ1) is 14.2. The van der Waals surface area contributed by atoms with Crippen LogP contribution in [0.3, 0.4) is 0 Å². The quantitative estimate of drug-likeness (QED) is 0.696. The van der Waals surface area contributed by atoms with Gasteiger partial charge in [0.1, 0.15) is 6.61 Å².